The highest BCUT2D eigenvalue weighted by Crippen LogP contribution is 2.20. The summed E-state index contributed by atoms with van der Waals surface area (Å²) in [5.41, 5.74) is 3.70. The molecule has 3 nitrogen and oxygen atoms in total. The van der Waals surface area contributed by atoms with Crippen molar-refractivity contribution in [2.75, 3.05) is 11.9 Å². The molecule has 0 aromatic heterocycles. The molecule has 0 atom stereocenters. The molecule has 2 aromatic rings. The summed E-state index contributed by atoms with van der Waals surface area (Å²) in [6.07, 6.45) is 0.997. The van der Waals surface area contributed by atoms with Gasteiger partial charge in [-0.05, 0) is 42.7 Å². The van der Waals surface area contributed by atoms with Gasteiger partial charge in [-0.15, -0.1) is 0 Å². The van der Waals surface area contributed by atoms with Crippen molar-refractivity contribution < 1.29 is 4.74 Å². The van der Waals surface area contributed by atoms with Crippen LogP contribution in [0.4, 0.5) is 5.69 Å². The lowest BCUT2D eigenvalue weighted by Gasteiger charge is -2.11. The highest BCUT2D eigenvalue weighted by molar-refractivity contribution is 5.60. The lowest BCUT2D eigenvalue weighted by Crippen LogP contribution is -2.03. The first-order valence-electron chi connectivity index (χ1n) is 7.20. The molecule has 108 valence electrons. The largest absolute Gasteiger partial charge is 0.494 e. The molecule has 0 amide bonds. The first kappa shape index (κ1) is 14.9. The van der Waals surface area contributed by atoms with Gasteiger partial charge in [-0.25, -0.2) is 0 Å². The summed E-state index contributed by atoms with van der Waals surface area (Å²) in [4.78, 5) is 0. The highest BCUT2D eigenvalue weighted by atomic mass is 16.5. The summed E-state index contributed by atoms with van der Waals surface area (Å²) in [6, 6.07) is 16.1. The van der Waals surface area contributed by atoms with Gasteiger partial charge in [0, 0.05) is 6.54 Å². The van der Waals surface area contributed by atoms with E-state index in [0.717, 1.165) is 35.6 Å². The molecule has 2 aromatic carbocycles. The summed E-state index contributed by atoms with van der Waals surface area (Å²) in [6.45, 7) is 5.43. The number of ether oxygens (including phenoxy) is 1. The van der Waals surface area contributed by atoms with Gasteiger partial charge in [-0.1, -0.05) is 31.2 Å². The maximum atomic E-state index is 9.23. The van der Waals surface area contributed by atoms with E-state index in [2.05, 4.69) is 18.3 Å². The fraction of sp³-hybridized carbons (Fsp3) is 0.278. The zero-order valence-corrected chi connectivity index (χ0v) is 12.5. The monoisotopic (exact) mass is 280 g/mol. The van der Waals surface area contributed by atoms with Crippen molar-refractivity contribution in [3.05, 3.63) is 59.2 Å². The van der Waals surface area contributed by atoms with E-state index < -0.39 is 0 Å². The zero-order chi connectivity index (χ0) is 15.1. The Morgan fingerprint density at radius 3 is 2.76 bits per heavy atom. The molecule has 0 saturated heterocycles. The molecule has 3 heteroatoms. The quantitative estimate of drug-likeness (QED) is 0.859. The molecule has 0 aliphatic rings. The maximum absolute atomic E-state index is 9.23. The molecule has 2 rings (SSSR count). The smallest absolute Gasteiger partial charge is 0.119 e. The second-order valence-electron chi connectivity index (χ2n) is 4.96. The van der Waals surface area contributed by atoms with Gasteiger partial charge >= 0.3 is 0 Å². The molecule has 0 bridgehead atoms. The molecule has 1 N–H and O–H groups in total. The number of aryl methyl sites for hydroxylation is 1. The number of nitrogens with one attached hydrogen (secondary N) is 1. The molecular formula is C18H20N2O. The van der Waals surface area contributed by atoms with Crippen LogP contribution >= 0.6 is 0 Å². The van der Waals surface area contributed by atoms with Gasteiger partial charge in [0.1, 0.15) is 11.8 Å². The molecule has 0 aliphatic carbocycles. The van der Waals surface area contributed by atoms with Crippen LogP contribution in [0.3, 0.4) is 0 Å². The van der Waals surface area contributed by atoms with E-state index in [4.69, 9.17) is 4.74 Å². The zero-order valence-electron chi connectivity index (χ0n) is 12.5. The Hall–Kier alpha value is -2.47. The summed E-state index contributed by atoms with van der Waals surface area (Å²) in [5.74, 6) is 0.890. The van der Waals surface area contributed by atoms with Crippen molar-refractivity contribution in [1.82, 2.24) is 0 Å². The van der Waals surface area contributed by atoms with E-state index >= 15 is 0 Å². The summed E-state index contributed by atoms with van der Waals surface area (Å²) >= 11 is 0. The van der Waals surface area contributed by atoms with Crippen LogP contribution in [0, 0.1) is 18.3 Å². The highest BCUT2D eigenvalue weighted by Gasteiger charge is 2.04. The van der Waals surface area contributed by atoms with E-state index in [1.54, 1.807) is 0 Å². The Bertz CT molecular complexity index is 644. The standard InChI is InChI=1S/C18H20N2O/c1-3-10-21-16-8-5-7-15(11-16)13-20-18-9-4-6-14(2)17(18)12-19/h4-9,11,20H,3,10,13H2,1-2H3. The molecule has 0 unspecified atom stereocenters. The number of nitriles is 1. The predicted molar refractivity (Wildman–Crippen MR) is 85.4 cm³/mol. The molecule has 0 aliphatic heterocycles. The SMILES string of the molecule is CCCOc1cccc(CNc2cccc(C)c2C#N)c1. The van der Waals surface area contributed by atoms with Crippen molar-refractivity contribution in [3.63, 3.8) is 0 Å². The number of anilines is 1. The third-order valence-corrected chi connectivity index (χ3v) is 3.24. The van der Waals surface area contributed by atoms with Crippen molar-refractivity contribution in [3.8, 4) is 11.8 Å². The van der Waals surface area contributed by atoms with Crippen LogP contribution in [-0.4, -0.2) is 6.61 Å². The fourth-order valence-corrected chi connectivity index (χ4v) is 2.13. The molecule has 0 radical (unpaired) electrons. The molecule has 21 heavy (non-hydrogen) atoms. The lowest BCUT2D eigenvalue weighted by molar-refractivity contribution is 0.317. The summed E-state index contributed by atoms with van der Waals surface area (Å²) in [5, 5.41) is 12.6. The third-order valence-electron chi connectivity index (χ3n) is 3.24. The van der Waals surface area contributed by atoms with Gasteiger partial charge in [0.25, 0.3) is 0 Å². The van der Waals surface area contributed by atoms with Crippen LogP contribution < -0.4 is 10.1 Å². The van der Waals surface area contributed by atoms with Crippen molar-refractivity contribution >= 4 is 5.69 Å². The van der Waals surface area contributed by atoms with E-state index in [-0.39, 0.29) is 0 Å². The topological polar surface area (TPSA) is 45.0 Å². The number of hydrogen-bond donors (Lipinski definition) is 1. The maximum Gasteiger partial charge on any atom is 0.119 e. The lowest BCUT2D eigenvalue weighted by atomic mass is 10.1. The number of nitrogens with zero attached hydrogens (tertiary/aromatic N) is 1. The van der Waals surface area contributed by atoms with E-state index in [1.807, 2.05) is 49.4 Å². The van der Waals surface area contributed by atoms with Crippen LogP contribution in [-0.2, 0) is 6.54 Å². The first-order chi connectivity index (χ1) is 10.2. The van der Waals surface area contributed by atoms with E-state index in [1.165, 1.54) is 0 Å². The van der Waals surface area contributed by atoms with E-state index in [9.17, 15) is 5.26 Å². The second kappa shape index (κ2) is 7.35. The number of hydrogen-bond acceptors (Lipinski definition) is 3. The van der Waals surface area contributed by atoms with Gasteiger partial charge in [-0.2, -0.15) is 5.26 Å². The van der Waals surface area contributed by atoms with E-state index in [0.29, 0.717) is 12.1 Å². The Balaban J connectivity index is 2.07. The molecule has 0 heterocycles. The Labute approximate surface area is 126 Å². The minimum atomic E-state index is 0.668. The van der Waals surface area contributed by atoms with Crippen molar-refractivity contribution in [2.45, 2.75) is 26.8 Å². The molecule has 0 fully saturated rings. The van der Waals surface area contributed by atoms with Crippen LogP contribution in [0.15, 0.2) is 42.5 Å². The number of benzene rings is 2. The fourth-order valence-electron chi connectivity index (χ4n) is 2.13. The average molecular weight is 280 g/mol. The predicted octanol–water partition coefficient (Wildman–Crippen LogP) is 4.27. The van der Waals surface area contributed by atoms with Gasteiger partial charge in [-0.3, -0.25) is 0 Å². The molecule has 0 saturated carbocycles. The summed E-state index contributed by atoms with van der Waals surface area (Å²) < 4.78 is 5.63. The molecular weight excluding hydrogens is 260 g/mol. The first-order valence-corrected chi connectivity index (χ1v) is 7.20. The van der Waals surface area contributed by atoms with Gasteiger partial charge in [0.2, 0.25) is 0 Å². The van der Waals surface area contributed by atoms with Crippen LogP contribution in [0.25, 0.3) is 0 Å². The Morgan fingerprint density at radius 2 is 2.00 bits per heavy atom. The second-order valence-corrected chi connectivity index (χ2v) is 4.96. The van der Waals surface area contributed by atoms with Crippen LogP contribution in [0.2, 0.25) is 0 Å². The minimum Gasteiger partial charge on any atom is -0.494 e. The van der Waals surface area contributed by atoms with Gasteiger partial charge in [0.05, 0.1) is 17.9 Å². The number of rotatable bonds is 6. The normalized spacial score (nSPS) is 9.95. The van der Waals surface area contributed by atoms with Gasteiger partial charge < -0.3 is 10.1 Å². The minimum absolute atomic E-state index is 0.668. The van der Waals surface area contributed by atoms with Crippen LogP contribution in [0.1, 0.15) is 30.0 Å². The third kappa shape index (κ3) is 4.00. The summed E-state index contributed by atoms with van der Waals surface area (Å²) in [7, 11) is 0. The molecule has 0 spiro atoms. The van der Waals surface area contributed by atoms with Crippen LogP contribution in [0.5, 0.6) is 5.75 Å². The average Bonchev–Trinajstić information content (AvgIpc) is 2.51. The Kier molecular flexibility index (Phi) is 5.22. The van der Waals surface area contributed by atoms with Crippen molar-refractivity contribution in [2.24, 2.45) is 0 Å². The van der Waals surface area contributed by atoms with Crippen molar-refractivity contribution in [1.29, 1.82) is 5.26 Å². The van der Waals surface area contributed by atoms with Gasteiger partial charge in [0.15, 0.2) is 0 Å². The Morgan fingerprint density at radius 1 is 1.19 bits per heavy atom.